The molecule has 1 aromatic carbocycles. The van der Waals surface area contributed by atoms with Crippen molar-refractivity contribution in [1.82, 2.24) is 0 Å². The van der Waals surface area contributed by atoms with Crippen molar-refractivity contribution in [2.24, 2.45) is 0 Å². The van der Waals surface area contributed by atoms with Crippen molar-refractivity contribution in [3.05, 3.63) is 29.8 Å². The van der Waals surface area contributed by atoms with E-state index in [1.807, 2.05) is 6.07 Å². The minimum Gasteiger partial charge on any atom is -0.496 e. The van der Waals surface area contributed by atoms with E-state index >= 15 is 0 Å². The van der Waals surface area contributed by atoms with Crippen LogP contribution in [-0.2, 0) is 6.61 Å². The lowest BCUT2D eigenvalue weighted by atomic mass is 10.2. The third kappa shape index (κ3) is 1.28. The molecule has 0 amide bonds. The van der Waals surface area contributed by atoms with Crippen LogP contribution in [0.25, 0.3) is 0 Å². The molecule has 0 fully saturated rings. The molecule has 0 aliphatic heterocycles. The number of ether oxygens (including phenoxy) is 1. The number of aliphatic hydroxyl groups excluding tert-OH is 1. The fourth-order valence-electron chi connectivity index (χ4n) is 0.771. The number of methoxy groups -OCH3 is 1. The maximum atomic E-state index is 8.75. The average Bonchev–Trinajstić information content (AvgIpc) is 2.04. The summed E-state index contributed by atoms with van der Waals surface area (Å²) in [7, 11) is 1.56. The Morgan fingerprint density at radius 1 is 1.70 bits per heavy atom. The van der Waals surface area contributed by atoms with Gasteiger partial charge in [0, 0.05) is 11.6 Å². The topological polar surface area (TPSA) is 29.5 Å². The first-order chi connectivity index (χ1) is 4.88. The SMILES string of the molecule is COc1[c]cccc1CO. The third-order valence-electron chi connectivity index (χ3n) is 1.27. The van der Waals surface area contributed by atoms with E-state index in [-0.39, 0.29) is 6.61 Å². The van der Waals surface area contributed by atoms with E-state index in [0.29, 0.717) is 5.75 Å². The van der Waals surface area contributed by atoms with Gasteiger partial charge in [-0.05, 0) is 0 Å². The molecule has 0 saturated carbocycles. The summed E-state index contributed by atoms with van der Waals surface area (Å²) >= 11 is 0. The first-order valence-corrected chi connectivity index (χ1v) is 3.03. The highest BCUT2D eigenvalue weighted by Crippen LogP contribution is 2.15. The Kier molecular flexibility index (Phi) is 2.29. The van der Waals surface area contributed by atoms with E-state index in [1.54, 1.807) is 19.2 Å². The zero-order valence-corrected chi connectivity index (χ0v) is 5.79. The van der Waals surface area contributed by atoms with Gasteiger partial charge < -0.3 is 9.84 Å². The number of aliphatic hydroxyl groups is 1. The number of benzene rings is 1. The van der Waals surface area contributed by atoms with Gasteiger partial charge in [-0.15, -0.1) is 0 Å². The zero-order chi connectivity index (χ0) is 7.40. The molecule has 1 radical (unpaired) electrons. The third-order valence-corrected chi connectivity index (χ3v) is 1.27. The van der Waals surface area contributed by atoms with E-state index < -0.39 is 0 Å². The Morgan fingerprint density at radius 2 is 2.50 bits per heavy atom. The van der Waals surface area contributed by atoms with Gasteiger partial charge in [-0.25, -0.2) is 0 Å². The van der Waals surface area contributed by atoms with Crippen molar-refractivity contribution >= 4 is 0 Å². The quantitative estimate of drug-likeness (QED) is 0.658. The molecule has 1 rings (SSSR count). The Bertz CT molecular complexity index is 185. The summed E-state index contributed by atoms with van der Waals surface area (Å²) in [6.07, 6.45) is 0. The lowest BCUT2D eigenvalue weighted by Crippen LogP contribution is -1.90. The van der Waals surface area contributed by atoms with E-state index in [9.17, 15) is 0 Å². The number of hydrogen-bond acceptors (Lipinski definition) is 2. The molecular formula is C8H9O2. The molecule has 0 aliphatic carbocycles. The highest BCUT2D eigenvalue weighted by Gasteiger charge is 1.97. The van der Waals surface area contributed by atoms with Crippen LogP contribution in [0.3, 0.4) is 0 Å². The molecule has 53 valence electrons. The second kappa shape index (κ2) is 3.22. The van der Waals surface area contributed by atoms with Gasteiger partial charge in [0.1, 0.15) is 5.75 Å². The van der Waals surface area contributed by atoms with Gasteiger partial charge in [0.25, 0.3) is 0 Å². The van der Waals surface area contributed by atoms with E-state index in [1.165, 1.54) is 0 Å². The normalized spacial score (nSPS) is 9.40. The standard InChI is InChI=1S/C8H9O2/c1-10-8-5-3-2-4-7(8)6-9/h2-4,9H,6H2,1H3. The van der Waals surface area contributed by atoms with Crippen LogP contribution in [0, 0.1) is 6.07 Å². The molecule has 0 atom stereocenters. The van der Waals surface area contributed by atoms with Gasteiger partial charge in [0.05, 0.1) is 13.7 Å². The summed E-state index contributed by atoms with van der Waals surface area (Å²) in [6.45, 7) is 0.000509. The highest BCUT2D eigenvalue weighted by molar-refractivity contribution is 5.31. The second-order valence-corrected chi connectivity index (χ2v) is 1.89. The largest absolute Gasteiger partial charge is 0.496 e. The van der Waals surface area contributed by atoms with Crippen LogP contribution < -0.4 is 4.74 Å². The molecule has 0 saturated heterocycles. The van der Waals surface area contributed by atoms with Gasteiger partial charge in [-0.2, -0.15) is 0 Å². The minimum atomic E-state index is 0.000509. The van der Waals surface area contributed by atoms with Crippen molar-refractivity contribution in [2.45, 2.75) is 6.61 Å². The maximum absolute atomic E-state index is 8.75. The fourth-order valence-corrected chi connectivity index (χ4v) is 0.771. The maximum Gasteiger partial charge on any atom is 0.132 e. The molecule has 0 bridgehead atoms. The highest BCUT2D eigenvalue weighted by atomic mass is 16.5. The predicted octanol–water partition coefficient (Wildman–Crippen LogP) is 0.988. The Labute approximate surface area is 60.1 Å². The van der Waals surface area contributed by atoms with E-state index in [0.717, 1.165) is 5.56 Å². The zero-order valence-electron chi connectivity index (χ0n) is 5.79. The van der Waals surface area contributed by atoms with Crippen LogP contribution in [0.15, 0.2) is 18.2 Å². The molecule has 2 nitrogen and oxygen atoms in total. The fraction of sp³-hybridized carbons (Fsp3) is 0.250. The summed E-state index contributed by atoms with van der Waals surface area (Å²) in [5.41, 5.74) is 0.769. The van der Waals surface area contributed by atoms with Gasteiger partial charge in [-0.1, -0.05) is 18.2 Å². The first-order valence-electron chi connectivity index (χ1n) is 3.03. The molecular weight excluding hydrogens is 128 g/mol. The summed E-state index contributed by atoms with van der Waals surface area (Å²) in [6, 6.07) is 8.22. The Hall–Kier alpha value is -1.02. The number of hydrogen-bond donors (Lipinski definition) is 1. The van der Waals surface area contributed by atoms with Crippen molar-refractivity contribution in [3.8, 4) is 5.75 Å². The lowest BCUT2D eigenvalue weighted by Gasteiger charge is -2.02. The molecule has 0 heterocycles. The van der Waals surface area contributed by atoms with Crippen LogP contribution in [-0.4, -0.2) is 12.2 Å². The first kappa shape index (κ1) is 7.09. The number of para-hydroxylation sites is 1. The molecule has 2 heteroatoms. The monoisotopic (exact) mass is 137 g/mol. The molecule has 10 heavy (non-hydrogen) atoms. The van der Waals surface area contributed by atoms with Crippen molar-refractivity contribution in [3.63, 3.8) is 0 Å². The van der Waals surface area contributed by atoms with Gasteiger partial charge in [-0.3, -0.25) is 0 Å². The van der Waals surface area contributed by atoms with Crippen LogP contribution >= 0.6 is 0 Å². The van der Waals surface area contributed by atoms with Crippen molar-refractivity contribution in [2.75, 3.05) is 7.11 Å². The number of rotatable bonds is 2. The average molecular weight is 137 g/mol. The molecule has 0 aliphatic rings. The molecule has 1 N–H and O–H groups in total. The summed E-state index contributed by atoms with van der Waals surface area (Å²) in [5, 5.41) is 8.75. The molecule has 0 unspecified atom stereocenters. The van der Waals surface area contributed by atoms with Crippen LogP contribution in [0.2, 0.25) is 0 Å². The second-order valence-electron chi connectivity index (χ2n) is 1.89. The van der Waals surface area contributed by atoms with Gasteiger partial charge >= 0.3 is 0 Å². The van der Waals surface area contributed by atoms with Crippen LogP contribution in [0.5, 0.6) is 5.75 Å². The summed E-state index contributed by atoms with van der Waals surface area (Å²) in [5.74, 6) is 0.616. The van der Waals surface area contributed by atoms with Gasteiger partial charge in [0.2, 0.25) is 0 Å². The van der Waals surface area contributed by atoms with E-state index in [4.69, 9.17) is 9.84 Å². The van der Waals surface area contributed by atoms with Gasteiger partial charge in [0.15, 0.2) is 0 Å². The van der Waals surface area contributed by atoms with E-state index in [2.05, 4.69) is 6.07 Å². The van der Waals surface area contributed by atoms with Crippen LogP contribution in [0.1, 0.15) is 5.56 Å². The van der Waals surface area contributed by atoms with Crippen molar-refractivity contribution < 1.29 is 9.84 Å². The predicted molar refractivity (Wildman–Crippen MR) is 37.8 cm³/mol. The molecule has 0 spiro atoms. The minimum absolute atomic E-state index is 0.000509. The molecule has 1 aromatic rings. The summed E-state index contributed by atoms with van der Waals surface area (Å²) < 4.78 is 4.92. The lowest BCUT2D eigenvalue weighted by molar-refractivity contribution is 0.273. The molecule has 0 aromatic heterocycles. The van der Waals surface area contributed by atoms with Crippen LogP contribution in [0.4, 0.5) is 0 Å². The summed E-state index contributed by atoms with van der Waals surface area (Å²) in [4.78, 5) is 0. The Balaban J connectivity index is 2.96. The van der Waals surface area contributed by atoms with Crippen molar-refractivity contribution in [1.29, 1.82) is 0 Å². The Morgan fingerprint density at radius 3 is 3.00 bits per heavy atom. The smallest absolute Gasteiger partial charge is 0.132 e.